The topological polar surface area (TPSA) is 55.8 Å². The number of carbonyl (C=O) groups excluding carboxylic acids is 1. The van der Waals surface area contributed by atoms with E-state index in [0.717, 1.165) is 29.4 Å². The molecule has 0 saturated carbocycles. The van der Waals surface area contributed by atoms with Gasteiger partial charge in [-0.25, -0.2) is 9.18 Å². The number of esters is 1. The van der Waals surface area contributed by atoms with Crippen LogP contribution in [0.1, 0.15) is 15.9 Å². The number of halogens is 1. The predicted molar refractivity (Wildman–Crippen MR) is 97.6 cm³/mol. The molecule has 1 heterocycles. The number of hydrogen-bond acceptors (Lipinski definition) is 3. The second-order valence-corrected chi connectivity index (χ2v) is 6.41. The van der Waals surface area contributed by atoms with E-state index >= 15 is 0 Å². The van der Waals surface area contributed by atoms with Gasteiger partial charge in [0.15, 0.2) is 0 Å². The van der Waals surface area contributed by atoms with E-state index in [1.165, 1.54) is 30.2 Å². The second kappa shape index (κ2) is 7.58. The number of fused-ring (bicyclic) bond motifs is 1. The molecule has 26 heavy (non-hydrogen) atoms. The van der Waals surface area contributed by atoms with Crippen LogP contribution < -0.4 is 14.4 Å². The number of likely N-dealkylation sites (N-methyl/N-ethyl adjacent to an activating group) is 1. The molecule has 2 aromatic carbocycles. The summed E-state index contributed by atoms with van der Waals surface area (Å²) in [5.41, 5.74) is 1.73. The monoisotopic (exact) mass is 357 g/mol. The Labute approximate surface area is 151 Å². The van der Waals surface area contributed by atoms with Gasteiger partial charge in [0.25, 0.3) is 0 Å². The van der Waals surface area contributed by atoms with Crippen LogP contribution in [0.2, 0.25) is 0 Å². The lowest BCUT2D eigenvalue weighted by molar-refractivity contribution is -0.858. The zero-order valence-electron chi connectivity index (χ0n) is 15.1. The van der Waals surface area contributed by atoms with Gasteiger partial charge < -0.3 is 19.4 Å². The van der Waals surface area contributed by atoms with Gasteiger partial charge in [-0.05, 0) is 29.8 Å². The van der Waals surface area contributed by atoms with E-state index in [-0.39, 0.29) is 11.3 Å². The maximum absolute atomic E-state index is 14.1. The molecule has 0 unspecified atom stereocenters. The minimum absolute atomic E-state index is 0.146. The molecule has 0 radical (unpaired) electrons. The molecule has 0 aliphatic rings. The van der Waals surface area contributed by atoms with Crippen molar-refractivity contribution in [2.75, 3.05) is 27.7 Å². The molecule has 5 nitrogen and oxygen atoms in total. The number of H-pyrrole nitrogens is 1. The predicted octanol–water partition coefficient (Wildman–Crippen LogP) is 2.22. The molecule has 0 fully saturated rings. The number of methoxy groups -OCH3 is 1. The Morgan fingerprint density at radius 3 is 2.62 bits per heavy atom. The summed E-state index contributed by atoms with van der Waals surface area (Å²) in [6.45, 7) is 0.941. The lowest BCUT2D eigenvalue weighted by Crippen LogP contribution is -3.05. The number of nitrogens with one attached hydrogen (secondary N) is 2. The number of aromatic amines is 1. The zero-order chi connectivity index (χ0) is 18.7. The molecule has 0 amide bonds. The van der Waals surface area contributed by atoms with E-state index in [4.69, 9.17) is 9.47 Å². The molecule has 0 bridgehead atoms. The summed E-state index contributed by atoms with van der Waals surface area (Å²) < 4.78 is 24.8. The SMILES string of the molecule is COc1cccc(F)c1C(=O)Oc1cccc2[nH]cc(CC[NH+](C)C)c12. The quantitative estimate of drug-likeness (QED) is 0.525. The minimum atomic E-state index is -0.780. The first-order valence-corrected chi connectivity index (χ1v) is 8.44. The van der Waals surface area contributed by atoms with Gasteiger partial charge in [0, 0.05) is 23.5 Å². The number of ether oxygens (including phenoxy) is 2. The number of rotatable bonds is 6. The van der Waals surface area contributed by atoms with E-state index in [0.29, 0.717) is 5.75 Å². The van der Waals surface area contributed by atoms with Gasteiger partial charge in [-0.1, -0.05) is 12.1 Å². The Bertz CT molecular complexity index is 934. The van der Waals surface area contributed by atoms with E-state index in [1.807, 2.05) is 12.3 Å². The van der Waals surface area contributed by atoms with Crippen molar-refractivity contribution in [3.63, 3.8) is 0 Å². The van der Waals surface area contributed by atoms with Gasteiger partial charge in [-0.2, -0.15) is 0 Å². The highest BCUT2D eigenvalue weighted by Crippen LogP contribution is 2.31. The fourth-order valence-electron chi connectivity index (χ4n) is 2.91. The Kier molecular flexibility index (Phi) is 5.23. The molecular weight excluding hydrogens is 335 g/mol. The number of benzene rings is 2. The maximum atomic E-state index is 14.1. The van der Waals surface area contributed by atoms with Crippen LogP contribution in [-0.4, -0.2) is 38.7 Å². The summed E-state index contributed by atoms with van der Waals surface area (Å²) in [6.07, 6.45) is 2.76. The number of quaternary nitrogens is 1. The van der Waals surface area contributed by atoms with Crippen molar-refractivity contribution in [2.24, 2.45) is 0 Å². The molecule has 6 heteroatoms. The second-order valence-electron chi connectivity index (χ2n) is 6.41. The van der Waals surface area contributed by atoms with Crippen molar-refractivity contribution >= 4 is 16.9 Å². The highest BCUT2D eigenvalue weighted by molar-refractivity contribution is 5.97. The molecule has 1 aromatic heterocycles. The summed E-state index contributed by atoms with van der Waals surface area (Å²) in [5.74, 6) is -0.902. The molecule has 0 spiro atoms. The van der Waals surface area contributed by atoms with Crippen molar-refractivity contribution < 1.29 is 23.6 Å². The van der Waals surface area contributed by atoms with Gasteiger partial charge in [-0.3, -0.25) is 0 Å². The van der Waals surface area contributed by atoms with Crippen LogP contribution in [0.5, 0.6) is 11.5 Å². The standard InChI is InChI=1S/C20H21FN2O3/c1-23(2)11-10-13-12-22-15-7-5-9-17(18(13)15)26-20(24)19-14(21)6-4-8-16(19)25-3/h4-9,12,22H,10-11H2,1-3H3/p+1. The van der Waals surface area contributed by atoms with Gasteiger partial charge in [0.1, 0.15) is 22.9 Å². The molecule has 136 valence electrons. The third kappa shape index (κ3) is 3.55. The van der Waals surface area contributed by atoms with Crippen molar-refractivity contribution in [3.05, 3.63) is 59.5 Å². The summed E-state index contributed by atoms with van der Waals surface area (Å²) in [6, 6.07) is 9.65. The lowest BCUT2D eigenvalue weighted by atomic mass is 10.1. The van der Waals surface area contributed by atoms with E-state index in [1.54, 1.807) is 12.1 Å². The summed E-state index contributed by atoms with van der Waals surface area (Å²) in [5, 5.41) is 0.845. The lowest BCUT2D eigenvalue weighted by Gasteiger charge is -2.11. The van der Waals surface area contributed by atoms with Crippen LogP contribution in [0, 0.1) is 5.82 Å². The third-order valence-electron chi connectivity index (χ3n) is 4.25. The Hall–Kier alpha value is -2.86. The first-order chi connectivity index (χ1) is 12.5. The van der Waals surface area contributed by atoms with Crippen molar-refractivity contribution in [1.29, 1.82) is 0 Å². The van der Waals surface area contributed by atoms with Gasteiger partial charge >= 0.3 is 5.97 Å². The van der Waals surface area contributed by atoms with Crippen LogP contribution in [0.3, 0.4) is 0 Å². The van der Waals surface area contributed by atoms with Crippen LogP contribution in [0.15, 0.2) is 42.6 Å². The fraction of sp³-hybridized carbons (Fsp3) is 0.250. The Morgan fingerprint density at radius 2 is 1.88 bits per heavy atom. The first kappa shape index (κ1) is 17.9. The normalized spacial score (nSPS) is 11.1. The Balaban J connectivity index is 1.96. The fourth-order valence-corrected chi connectivity index (χ4v) is 2.91. The first-order valence-electron chi connectivity index (χ1n) is 8.44. The molecule has 0 aliphatic heterocycles. The van der Waals surface area contributed by atoms with Crippen LogP contribution in [0.25, 0.3) is 10.9 Å². The number of hydrogen-bond donors (Lipinski definition) is 2. The van der Waals surface area contributed by atoms with Gasteiger partial charge in [-0.15, -0.1) is 0 Å². The molecule has 0 atom stereocenters. The maximum Gasteiger partial charge on any atom is 0.350 e. The highest BCUT2D eigenvalue weighted by Gasteiger charge is 2.21. The Morgan fingerprint density at radius 1 is 1.15 bits per heavy atom. The van der Waals surface area contributed by atoms with E-state index < -0.39 is 11.8 Å². The molecule has 0 saturated heterocycles. The summed E-state index contributed by atoms with van der Waals surface area (Å²) in [7, 11) is 5.56. The van der Waals surface area contributed by atoms with Crippen molar-refractivity contribution in [1.82, 2.24) is 4.98 Å². The van der Waals surface area contributed by atoms with Crippen LogP contribution in [-0.2, 0) is 6.42 Å². The summed E-state index contributed by atoms with van der Waals surface area (Å²) in [4.78, 5) is 17.1. The zero-order valence-corrected chi connectivity index (χ0v) is 15.1. The van der Waals surface area contributed by atoms with Crippen molar-refractivity contribution in [3.8, 4) is 11.5 Å². The largest absolute Gasteiger partial charge is 0.496 e. The van der Waals surface area contributed by atoms with Gasteiger partial charge in [0.05, 0.1) is 27.7 Å². The van der Waals surface area contributed by atoms with Crippen LogP contribution >= 0.6 is 0 Å². The average molecular weight is 357 g/mol. The molecular formula is C20H22FN2O3+. The molecule has 2 N–H and O–H groups in total. The van der Waals surface area contributed by atoms with E-state index in [2.05, 4.69) is 19.1 Å². The third-order valence-corrected chi connectivity index (χ3v) is 4.25. The summed E-state index contributed by atoms with van der Waals surface area (Å²) >= 11 is 0. The van der Waals surface area contributed by atoms with Crippen LogP contribution in [0.4, 0.5) is 4.39 Å². The molecule has 0 aliphatic carbocycles. The number of carbonyl (C=O) groups is 1. The number of aromatic nitrogens is 1. The minimum Gasteiger partial charge on any atom is -0.496 e. The molecule has 3 aromatic rings. The van der Waals surface area contributed by atoms with Gasteiger partial charge in [0.2, 0.25) is 0 Å². The smallest absolute Gasteiger partial charge is 0.350 e. The van der Waals surface area contributed by atoms with Crippen molar-refractivity contribution in [2.45, 2.75) is 6.42 Å². The average Bonchev–Trinajstić information content (AvgIpc) is 3.03. The molecule has 3 rings (SSSR count). The highest BCUT2D eigenvalue weighted by atomic mass is 19.1. The van der Waals surface area contributed by atoms with E-state index in [9.17, 15) is 9.18 Å².